The molecule has 0 amide bonds. The van der Waals surface area contributed by atoms with Crippen LogP contribution in [0.5, 0.6) is 5.75 Å². The first-order valence-corrected chi connectivity index (χ1v) is 9.59. The number of alkyl halides is 1. The number of phenols is 1. The maximum Gasteiger partial charge on any atom is 0.250 e. The molecule has 4 rings (SSSR count). The molecule has 156 valence electrons. The lowest BCUT2D eigenvalue weighted by molar-refractivity contribution is 0.0223. The van der Waals surface area contributed by atoms with Crippen LogP contribution in [0.25, 0.3) is 22.4 Å². The van der Waals surface area contributed by atoms with Crippen molar-refractivity contribution >= 4 is 5.95 Å². The Bertz CT molecular complexity index is 1100. The summed E-state index contributed by atoms with van der Waals surface area (Å²) in [6.45, 7) is 0.558. The molecule has 0 spiro atoms. The summed E-state index contributed by atoms with van der Waals surface area (Å²) in [6, 6.07) is 8.01. The number of aromatic nitrogens is 4. The second kappa shape index (κ2) is 8.19. The van der Waals surface area contributed by atoms with E-state index in [1.807, 2.05) is 0 Å². The maximum absolute atomic E-state index is 14.1. The van der Waals surface area contributed by atoms with Crippen LogP contribution in [-0.2, 0) is 11.8 Å². The molecule has 2 aromatic heterocycles. The Morgan fingerprint density at radius 3 is 2.70 bits per heavy atom. The number of anilines is 1. The Morgan fingerprint density at radius 2 is 2.03 bits per heavy atom. The second-order valence-corrected chi connectivity index (χ2v) is 7.30. The van der Waals surface area contributed by atoms with Crippen LogP contribution in [0, 0.1) is 0 Å². The van der Waals surface area contributed by atoms with E-state index in [0.29, 0.717) is 41.4 Å². The molecule has 1 aromatic carbocycles. The molecule has 0 aliphatic carbocycles. The van der Waals surface area contributed by atoms with Crippen LogP contribution >= 0.6 is 0 Å². The van der Waals surface area contributed by atoms with Crippen molar-refractivity contribution in [2.45, 2.75) is 18.6 Å². The van der Waals surface area contributed by atoms with Crippen molar-refractivity contribution in [2.75, 3.05) is 25.2 Å². The molecular weight excluding hydrogens is 389 g/mol. The fourth-order valence-corrected chi connectivity index (χ4v) is 3.49. The van der Waals surface area contributed by atoms with E-state index in [0.717, 1.165) is 0 Å². The minimum absolute atomic E-state index is 0.00127. The summed E-state index contributed by atoms with van der Waals surface area (Å²) >= 11 is 0. The van der Waals surface area contributed by atoms with Gasteiger partial charge in [0, 0.05) is 38.5 Å². The highest BCUT2D eigenvalue weighted by molar-refractivity contribution is 5.73. The quantitative estimate of drug-likeness (QED) is 0.703. The van der Waals surface area contributed by atoms with Crippen molar-refractivity contribution in [2.24, 2.45) is 7.05 Å². The third-order valence-corrected chi connectivity index (χ3v) is 5.33. The van der Waals surface area contributed by atoms with Crippen molar-refractivity contribution in [1.82, 2.24) is 19.7 Å². The summed E-state index contributed by atoms with van der Waals surface area (Å²) in [5.74, 6) is 0.308. The maximum atomic E-state index is 14.1. The molecule has 1 N–H and O–H groups in total. The molecule has 30 heavy (non-hydrogen) atoms. The number of rotatable bonds is 4. The lowest BCUT2D eigenvalue weighted by atomic mass is 10.0. The third-order valence-electron chi connectivity index (χ3n) is 5.33. The fourth-order valence-electron chi connectivity index (χ4n) is 3.49. The van der Waals surface area contributed by atoms with Crippen molar-refractivity contribution in [3.63, 3.8) is 0 Å². The van der Waals surface area contributed by atoms with E-state index in [2.05, 4.69) is 15.2 Å². The first kappa shape index (κ1) is 20.0. The van der Waals surface area contributed by atoms with Gasteiger partial charge in [0.1, 0.15) is 17.6 Å². The predicted molar refractivity (Wildman–Crippen MR) is 110 cm³/mol. The summed E-state index contributed by atoms with van der Waals surface area (Å²) in [7, 11) is 3.41. The van der Waals surface area contributed by atoms with Gasteiger partial charge in [-0.1, -0.05) is 6.07 Å². The number of benzene rings is 1. The van der Waals surface area contributed by atoms with Crippen molar-refractivity contribution in [3.05, 3.63) is 53.1 Å². The van der Waals surface area contributed by atoms with Gasteiger partial charge in [-0.3, -0.25) is 4.79 Å². The summed E-state index contributed by atoms with van der Waals surface area (Å²) in [4.78, 5) is 17.8. The van der Waals surface area contributed by atoms with Gasteiger partial charge in [-0.25, -0.2) is 9.37 Å². The van der Waals surface area contributed by atoms with Gasteiger partial charge in [-0.2, -0.15) is 0 Å². The standard InChI is InChI=1S/C21H22FN5O3/c1-26-7-5-14(10-20(26)29)13-3-4-15(19(28)9-13)17-11-23-21(25-24-17)27(2)18-6-8-30-12-16(18)22/h3-5,7,9-11,16,18,28H,6,8,12H2,1-2H3/t16-,18+/m1/s1. The second-order valence-electron chi connectivity index (χ2n) is 7.30. The Labute approximate surface area is 172 Å². The van der Waals surface area contributed by atoms with Gasteiger partial charge in [0.25, 0.3) is 5.56 Å². The van der Waals surface area contributed by atoms with Gasteiger partial charge in [0.15, 0.2) is 0 Å². The van der Waals surface area contributed by atoms with Crippen LogP contribution in [0.15, 0.2) is 47.5 Å². The number of nitrogens with zero attached hydrogens (tertiary/aromatic N) is 5. The van der Waals surface area contributed by atoms with Gasteiger partial charge < -0.3 is 19.3 Å². The van der Waals surface area contributed by atoms with E-state index >= 15 is 0 Å². The fraction of sp³-hybridized carbons (Fsp3) is 0.333. The van der Waals surface area contributed by atoms with Crippen LogP contribution < -0.4 is 10.5 Å². The smallest absolute Gasteiger partial charge is 0.250 e. The molecule has 9 heteroatoms. The Balaban J connectivity index is 1.57. The van der Waals surface area contributed by atoms with Crippen LogP contribution in [-0.4, -0.2) is 57.3 Å². The lowest BCUT2D eigenvalue weighted by Gasteiger charge is -2.33. The van der Waals surface area contributed by atoms with Gasteiger partial charge in [-0.05, 0) is 35.7 Å². The summed E-state index contributed by atoms with van der Waals surface area (Å²) in [5.41, 5.74) is 2.14. The largest absolute Gasteiger partial charge is 0.507 e. The number of ether oxygens (including phenoxy) is 1. The van der Waals surface area contributed by atoms with E-state index in [1.54, 1.807) is 49.5 Å². The minimum atomic E-state index is -1.11. The molecule has 0 radical (unpaired) electrons. The summed E-state index contributed by atoms with van der Waals surface area (Å²) < 4.78 is 20.7. The number of aryl methyl sites for hydroxylation is 1. The van der Waals surface area contributed by atoms with Crippen molar-refractivity contribution in [3.8, 4) is 28.1 Å². The molecule has 8 nitrogen and oxygen atoms in total. The molecule has 0 unspecified atom stereocenters. The Morgan fingerprint density at radius 1 is 1.23 bits per heavy atom. The highest BCUT2D eigenvalue weighted by atomic mass is 19.1. The zero-order valence-corrected chi connectivity index (χ0v) is 16.7. The van der Waals surface area contributed by atoms with Gasteiger partial charge >= 0.3 is 0 Å². The van der Waals surface area contributed by atoms with Crippen LogP contribution in [0.2, 0.25) is 0 Å². The molecule has 3 aromatic rings. The van der Waals surface area contributed by atoms with Crippen molar-refractivity contribution < 1.29 is 14.2 Å². The van der Waals surface area contributed by atoms with E-state index in [9.17, 15) is 14.3 Å². The van der Waals surface area contributed by atoms with Crippen LogP contribution in [0.3, 0.4) is 0 Å². The first-order valence-electron chi connectivity index (χ1n) is 9.59. The average Bonchev–Trinajstić information content (AvgIpc) is 2.76. The molecule has 0 bridgehead atoms. The van der Waals surface area contributed by atoms with E-state index in [4.69, 9.17) is 4.74 Å². The topological polar surface area (TPSA) is 93.4 Å². The minimum Gasteiger partial charge on any atom is -0.507 e. The van der Waals surface area contributed by atoms with Crippen LogP contribution in [0.4, 0.5) is 10.3 Å². The number of hydrogen-bond donors (Lipinski definition) is 1. The molecule has 1 saturated heterocycles. The van der Waals surface area contributed by atoms with E-state index in [-0.39, 0.29) is 24.0 Å². The molecule has 1 aliphatic heterocycles. The number of aromatic hydroxyl groups is 1. The molecule has 2 atom stereocenters. The number of phenolic OH excluding ortho intramolecular Hbond substituents is 1. The highest BCUT2D eigenvalue weighted by Crippen LogP contribution is 2.32. The van der Waals surface area contributed by atoms with Gasteiger partial charge in [-0.15, -0.1) is 10.2 Å². The first-order chi connectivity index (χ1) is 14.4. The Kier molecular flexibility index (Phi) is 5.45. The van der Waals surface area contributed by atoms with E-state index in [1.165, 1.54) is 16.8 Å². The Hall–Kier alpha value is -3.33. The van der Waals surface area contributed by atoms with Gasteiger partial charge in [0.05, 0.1) is 18.8 Å². The number of pyridine rings is 1. The molecular formula is C21H22FN5O3. The van der Waals surface area contributed by atoms with E-state index < -0.39 is 6.17 Å². The van der Waals surface area contributed by atoms with Crippen molar-refractivity contribution in [1.29, 1.82) is 0 Å². The summed E-state index contributed by atoms with van der Waals surface area (Å²) in [5, 5.41) is 18.8. The van der Waals surface area contributed by atoms with Gasteiger partial charge in [0.2, 0.25) is 5.95 Å². The SMILES string of the molecule is CN(c1ncc(-c2ccc(-c3ccn(C)c(=O)c3)cc2O)nn1)[C@H]1CCOC[C@H]1F. The van der Waals surface area contributed by atoms with Crippen LogP contribution in [0.1, 0.15) is 6.42 Å². The predicted octanol–water partition coefficient (Wildman–Crippen LogP) is 2.17. The lowest BCUT2D eigenvalue weighted by Crippen LogP contribution is -2.46. The summed E-state index contributed by atoms with van der Waals surface area (Å²) in [6.07, 6.45) is 2.61. The zero-order chi connectivity index (χ0) is 21.3. The number of hydrogen-bond acceptors (Lipinski definition) is 7. The zero-order valence-electron chi connectivity index (χ0n) is 16.7. The molecule has 1 aliphatic rings. The monoisotopic (exact) mass is 411 g/mol. The molecule has 0 saturated carbocycles. The number of halogens is 1. The normalized spacial score (nSPS) is 18.9. The third kappa shape index (κ3) is 3.88. The molecule has 1 fully saturated rings. The highest BCUT2D eigenvalue weighted by Gasteiger charge is 2.30. The molecule has 3 heterocycles. The average molecular weight is 411 g/mol.